The van der Waals surface area contributed by atoms with Crippen LogP contribution in [0.5, 0.6) is 0 Å². The molecule has 4 rings (SSSR count). The first kappa shape index (κ1) is 16.9. The van der Waals surface area contributed by atoms with E-state index in [1.54, 1.807) is 6.07 Å². The van der Waals surface area contributed by atoms with Crippen LogP contribution in [-0.2, 0) is 6.42 Å². The van der Waals surface area contributed by atoms with E-state index in [9.17, 15) is 4.39 Å². The van der Waals surface area contributed by atoms with E-state index in [2.05, 4.69) is 28.3 Å². The summed E-state index contributed by atoms with van der Waals surface area (Å²) >= 11 is 0. The van der Waals surface area contributed by atoms with Crippen molar-refractivity contribution in [1.29, 1.82) is 0 Å². The average molecular weight is 349 g/mol. The van der Waals surface area contributed by atoms with Crippen LogP contribution in [0.1, 0.15) is 24.0 Å². The third kappa shape index (κ3) is 3.25. The van der Waals surface area contributed by atoms with Gasteiger partial charge >= 0.3 is 0 Å². The lowest BCUT2D eigenvalue weighted by Gasteiger charge is -2.30. The van der Waals surface area contributed by atoms with Crippen LogP contribution in [-0.4, -0.2) is 17.7 Å². The molecule has 134 valence electrons. The van der Waals surface area contributed by atoms with Crippen molar-refractivity contribution < 1.29 is 4.39 Å². The maximum absolute atomic E-state index is 14.6. The molecule has 1 atom stereocenters. The topological polar surface area (TPSA) is 39.9 Å². The molecule has 2 aromatic carbocycles. The SMILES string of the molecule is C=C(CCc1c(-c2ccc(C)cc2F)[nH]c2ccccc12)NC1CCN1. The number of H-pyrrole nitrogens is 1. The molecule has 0 aliphatic carbocycles. The Morgan fingerprint density at radius 2 is 2.08 bits per heavy atom. The van der Waals surface area contributed by atoms with E-state index >= 15 is 0 Å². The first-order chi connectivity index (χ1) is 12.6. The molecule has 1 aliphatic heterocycles. The van der Waals surface area contributed by atoms with Gasteiger partial charge < -0.3 is 10.3 Å². The third-order valence-corrected chi connectivity index (χ3v) is 5.09. The zero-order chi connectivity index (χ0) is 18.1. The lowest BCUT2D eigenvalue weighted by molar-refractivity contribution is 0.328. The monoisotopic (exact) mass is 349 g/mol. The highest BCUT2D eigenvalue weighted by atomic mass is 19.1. The van der Waals surface area contributed by atoms with Crippen LogP contribution in [0.25, 0.3) is 22.2 Å². The molecule has 1 saturated heterocycles. The number of fused-ring (bicyclic) bond motifs is 1. The zero-order valence-corrected chi connectivity index (χ0v) is 15.0. The van der Waals surface area contributed by atoms with Gasteiger partial charge in [-0.1, -0.05) is 30.8 Å². The van der Waals surface area contributed by atoms with E-state index in [0.29, 0.717) is 11.7 Å². The van der Waals surface area contributed by atoms with Crippen LogP contribution in [0.4, 0.5) is 4.39 Å². The normalized spacial score (nSPS) is 16.5. The first-order valence-electron chi connectivity index (χ1n) is 9.15. The molecule has 3 N–H and O–H groups in total. The van der Waals surface area contributed by atoms with E-state index in [1.807, 2.05) is 37.3 Å². The Labute approximate surface area is 153 Å². The van der Waals surface area contributed by atoms with Crippen molar-refractivity contribution in [3.8, 4) is 11.3 Å². The van der Waals surface area contributed by atoms with Crippen LogP contribution < -0.4 is 10.6 Å². The van der Waals surface area contributed by atoms with E-state index < -0.39 is 0 Å². The van der Waals surface area contributed by atoms with Crippen molar-refractivity contribution in [3.63, 3.8) is 0 Å². The Balaban J connectivity index is 1.66. The van der Waals surface area contributed by atoms with Crippen molar-refractivity contribution in [1.82, 2.24) is 15.6 Å². The lowest BCUT2D eigenvalue weighted by atomic mass is 9.99. The highest BCUT2D eigenvalue weighted by Gasteiger charge is 2.18. The minimum absolute atomic E-state index is 0.187. The van der Waals surface area contributed by atoms with Crippen molar-refractivity contribution in [2.75, 3.05) is 6.54 Å². The minimum atomic E-state index is -0.187. The molecule has 0 saturated carbocycles. The predicted molar refractivity (Wildman–Crippen MR) is 105 cm³/mol. The second-order valence-electron chi connectivity index (χ2n) is 7.05. The number of rotatable bonds is 6. The highest BCUT2D eigenvalue weighted by molar-refractivity contribution is 5.90. The number of aryl methyl sites for hydroxylation is 2. The van der Waals surface area contributed by atoms with Crippen LogP contribution in [0.3, 0.4) is 0 Å². The summed E-state index contributed by atoms with van der Waals surface area (Å²) in [6.07, 6.45) is 3.11. The molecule has 26 heavy (non-hydrogen) atoms. The number of para-hydroxylation sites is 1. The predicted octanol–water partition coefficient (Wildman–Crippen LogP) is 4.64. The molecule has 3 aromatic rings. The quantitative estimate of drug-likeness (QED) is 0.607. The van der Waals surface area contributed by atoms with Gasteiger partial charge in [-0.2, -0.15) is 0 Å². The summed E-state index contributed by atoms with van der Waals surface area (Å²) in [6.45, 7) is 7.12. The molecular formula is C22H24FN3. The van der Waals surface area contributed by atoms with Gasteiger partial charge in [0.1, 0.15) is 5.82 Å². The number of hydrogen-bond donors (Lipinski definition) is 3. The molecule has 0 spiro atoms. The van der Waals surface area contributed by atoms with Crippen LogP contribution in [0, 0.1) is 12.7 Å². The lowest BCUT2D eigenvalue weighted by Crippen LogP contribution is -2.52. The Bertz CT molecular complexity index is 953. The third-order valence-electron chi connectivity index (χ3n) is 5.09. The minimum Gasteiger partial charge on any atom is -0.374 e. The summed E-state index contributed by atoms with van der Waals surface area (Å²) in [5, 5.41) is 7.89. The van der Waals surface area contributed by atoms with Crippen molar-refractivity contribution in [3.05, 3.63) is 71.7 Å². The summed E-state index contributed by atoms with van der Waals surface area (Å²) < 4.78 is 14.6. The summed E-state index contributed by atoms with van der Waals surface area (Å²) in [5.41, 5.74) is 5.63. The molecule has 1 aromatic heterocycles. The fourth-order valence-electron chi connectivity index (χ4n) is 3.52. The molecule has 0 bridgehead atoms. The van der Waals surface area contributed by atoms with Gasteiger partial charge in [0.2, 0.25) is 0 Å². The summed E-state index contributed by atoms with van der Waals surface area (Å²) in [4.78, 5) is 3.43. The number of nitrogens with one attached hydrogen (secondary N) is 3. The van der Waals surface area contributed by atoms with E-state index in [1.165, 1.54) is 0 Å². The standard InChI is InChI=1S/C22H24FN3/c1-14-7-9-18(19(23)13-14)22-17(16-5-3-4-6-20(16)26-22)10-8-15(2)25-21-11-12-24-21/h3-7,9,13,21,24-26H,2,8,10-12H2,1H3. The summed E-state index contributed by atoms with van der Waals surface area (Å²) in [7, 11) is 0. The number of hydrogen-bond acceptors (Lipinski definition) is 2. The molecule has 0 amide bonds. The Morgan fingerprint density at radius 1 is 1.27 bits per heavy atom. The molecular weight excluding hydrogens is 325 g/mol. The van der Waals surface area contributed by atoms with Gasteiger partial charge in [-0.25, -0.2) is 4.39 Å². The Morgan fingerprint density at radius 3 is 2.81 bits per heavy atom. The van der Waals surface area contributed by atoms with Crippen LogP contribution in [0.15, 0.2) is 54.7 Å². The van der Waals surface area contributed by atoms with Crippen molar-refractivity contribution >= 4 is 10.9 Å². The highest BCUT2D eigenvalue weighted by Crippen LogP contribution is 2.33. The molecule has 1 unspecified atom stereocenters. The number of allylic oxidation sites excluding steroid dienone is 1. The zero-order valence-electron chi connectivity index (χ0n) is 15.0. The molecule has 1 aliphatic rings. The summed E-state index contributed by atoms with van der Waals surface area (Å²) in [6, 6.07) is 13.6. The van der Waals surface area contributed by atoms with Crippen LogP contribution in [0.2, 0.25) is 0 Å². The van der Waals surface area contributed by atoms with Gasteiger partial charge in [0, 0.05) is 28.7 Å². The van der Waals surface area contributed by atoms with Gasteiger partial charge in [0.05, 0.1) is 11.9 Å². The Kier molecular flexibility index (Phi) is 4.51. The Hall–Kier alpha value is -2.59. The van der Waals surface area contributed by atoms with E-state index in [-0.39, 0.29) is 5.82 Å². The maximum atomic E-state index is 14.6. The fourth-order valence-corrected chi connectivity index (χ4v) is 3.52. The molecule has 4 heteroatoms. The smallest absolute Gasteiger partial charge is 0.132 e. The summed E-state index contributed by atoms with van der Waals surface area (Å²) in [5.74, 6) is -0.187. The fraction of sp³-hybridized carbons (Fsp3) is 0.273. The average Bonchev–Trinajstić information content (AvgIpc) is 2.94. The second kappa shape index (κ2) is 6.96. The van der Waals surface area contributed by atoms with Gasteiger partial charge in [0.15, 0.2) is 0 Å². The van der Waals surface area contributed by atoms with Crippen LogP contribution >= 0.6 is 0 Å². The van der Waals surface area contributed by atoms with Gasteiger partial charge in [-0.3, -0.25) is 5.32 Å². The number of aromatic nitrogens is 1. The molecule has 2 heterocycles. The maximum Gasteiger partial charge on any atom is 0.132 e. The first-order valence-corrected chi connectivity index (χ1v) is 9.15. The number of benzene rings is 2. The van der Waals surface area contributed by atoms with Crippen molar-refractivity contribution in [2.24, 2.45) is 0 Å². The largest absolute Gasteiger partial charge is 0.374 e. The second-order valence-corrected chi connectivity index (χ2v) is 7.05. The van der Waals surface area contributed by atoms with E-state index in [0.717, 1.165) is 59.2 Å². The molecule has 3 nitrogen and oxygen atoms in total. The number of aromatic amines is 1. The molecule has 0 radical (unpaired) electrons. The molecule has 1 fully saturated rings. The number of halogens is 1. The van der Waals surface area contributed by atoms with Gasteiger partial charge in [-0.05, 0) is 55.5 Å². The van der Waals surface area contributed by atoms with E-state index in [4.69, 9.17) is 0 Å². The van der Waals surface area contributed by atoms with Gasteiger partial charge in [0.25, 0.3) is 0 Å². The van der Waals surface area contributed by atoms with Gasteiger partial charge in [-0.15, -0.1) is 0 Å². The van der Waals surface area contributed by atoms with Crippen molar-refractivity contribution in [2.45, 2.75) is 32.4 Å².